The summed E-state index contributed by atoms with van der Waals surface area (Å²) in [6.07, 6.45) is 3.44. The number of nitrogens with one attached hydrogen (secondary N) is 1. The van der Waals surface area contributed by atoms with E-state index in [2.05, 4.69) is 17.6 Å². The van der Waals surface area contributed by atoms with Crippen molar-refractivity contribution >= 4 is 11.7 Å². The van der Waals surface area contributed by atoms with Gasteiger partial charge < -0.3 is 9.84 Å². The molecule has 1 aliphatic carbocycles. The predicted octanol–water partition coefficient (Wildman–Crippen LogP) is 3.23. The van der Waals surface area contributed by atoms with Crippen LogP contribution in [0.2, 0.25) is 0 Å². The van der Waals surface area contributed by atoms with Gasteiger partial charge in [0.15, 0.2) is 5.54 Å². The van der Waals surface area contributed by atoms with Crippen LogP contribution in [0, 0.1) is 11.8 Å². The van der Waals surface area contributed by atoms with Crippen LogP contribution in [0.3, 0.4) is 0 Å². The zero-order valence-corrected chi connectivity index (χ0v) is 15.9. The van der Waals surface area contributed by atoms with Crippen LogP contribution in [0.5, 0.6) is 0 Å². The summed E-state index contributed by atoms with van der Waals surface area (Å²) >= 11 is 0. The molecule has 2 aromatic carbocycles. The average Bonchev–Trinajstić information content (AvgIpc) is 3.25. The summed E-state index contributed by atoms with van der Waals surface area (Å²) in [6, 6.07) is 20.0. The predicted molar refractivity (Wildman–Crippen MR) is 108 cm³/mol. The number of ether oxygens (including phenoxy) is 1. The van der Waals surface area contributed by atoms with Crippen molar-refractivity contribution in [3.8, 4) is 0 Å². The molecule has 0 bridgehead atoms. The Morgan fingerprint density at radius 2 is 1.82 bits per heavy atom. The fourth-order valence-corrected chi connectivity index (χ4v) is 4.65. The number of rotatable bonds is 6. The number of fused-ring (bicyclic) bond motifs is 1. The van der Waals surface area contributed by atoms with Crippen LogP contribution < -0.4 is 5.43 Å². The van der Waals surface area contributed by atoms with Gasteiger partial charge in [-0.2, -0.15) is 5.10 Å². The van der Waals surface area contributed by atoms with E-state index in [0.29, 0.717) is 6.42 Å². The second-order valence-electron chi connectivity index (χ2n) is 7.51. The van der Waals surface area contributed by atoms with Gasteiger partial charge in [0, 0.05) is 24.9 Å². The number of carbonyl (C=O) groups excluding carboxylic acids is 1. The van der Waals surface area contributed by atoms with Crippen molar-refractivity contribution in [3.63, 3.8) is 0 Å². The highest BCUT2D eigenvalue weighted by molar-refractivity contribution is 6.04. The highest BCUT2D eigenvalue weighted by Crippen LogP contribution is 2.48. The molecule has 1 fully saturated rings. The average molecular weight is 378 g/mol. The lowest BCUT2D eigenvalue weighted by atomic mass is 9.70. The molecule has 0 aromatic heterocycles. The van der Waals surface area contributed by atoms with Crippen molar-refractivity contribution in [2.75, 3.05) is 13.2 Å². The van der Waals surface area contributed by atoms with Gasteiger partial charge in [-0.25, -0.2) is 4.79 Å². The van der Waals surface area contributed by atoms with Crippen molar-refractivity contribution < 1.29 is 14.6 Å². The van der Waals surface area contributed by atoms with Crippen LogP contribution in [0.15, 0.2) is 65.8 Å². The summed E-state index contributed by atoms with van der Waals surface area (Å²) in [5.41, 5.74) is 5.27. The topological polar surface area (TPSA) is 70.9 Å². The first-order valence-corrected chi connectivity index (χ1v) is 10.0. The molecule has 28 heavy (non-hydrogen) atoms. The Kier molecular flexibility index (Phi) is 5.44. The van der Waals surface area contributed by atoms with Crippen LogP contribution in [0.1, 0.15) is 36.8 Å². The zero-order valence-electron chi connectivity index (χ0n) is 15.9. The van der Waals surface area contributed by atoms with Gasteiger partial charge in [0.1, 0.15) is 0 Å². The standard InChI is InChI=1S/C23H26N2O3/c26-15-8-16-28-22(27)23(18-11-5-2-6-12-18)20-14-7-13-19(20)21(24-25-23)17-9-3-1-4-10-17/h1-6,9-12,19-20,25-26H,7-8,13-16H2/t19?,20?,23-/m1/s1. The molecule has 5 heteroatoms. The Balaban J connectivity index is 1.76. The number of esters is 1. The van der Waals surface area contributed by atoms with Crippen LogP contribution >= 0.6 is 0 Å². The molecule has 0 saturated heterocycles. The van der Waals surface area contributed by atoms with E-state index in [-0.39, 0.29) is 31.0 Å². The maximum Gasteiger partial charge on any atom is 0.338 e. The minimum atomic E-state index is -0.990. The number of aliphatic hydroxyl groups is 1. The van der Waals surface area contributed by atoms with Crippen molar-refractivity contribution in [2.45, 2.75) is 31.2 Å². The molecule has 2 aromatic rings. The Hall–Kier alpha value is -2.66. The van der Waals surface area contributed by atoms with E-state index < -0.39 is 5.54 Å². The summed E-state index contributed by atoms with van der Waals surface area (Å²) in [7, 11) is 0. The van der Waals surface area contributed by atoms with E-state index in [9.17, 15) is 4.79 Å². The number of hydrogen-bond donors (Lipinski definition) is 2. The highest BCUT2D eigenvalue weighted by atomic mass is 16.5. The van der Waals surface area contributed by atoms with Crippen molar-refractivity contribution in [1.82, 2.24) is 5.43 Å². The third-order valence-electron chi connectivity index (χ3n) is 5.93. The van der Waals surface area contributed by atoms with Crippen LogP contribution in [-0.2, 0) is 15.1 Å². The summed E-state index contributed by atoms with van der Waals surface area (Å²) in [4.78, 5) is 13.3. The van der Waals surface area contributed by atoms with Gasteiger partial charge in [0.25, 0.3) is 0 Å². The molecular weight excluding hydrogens is 352 g/mol. The number of hydrogen-bond acceptors (Lipinski definition) is 5. The third kappa shape index (κ3) is 3.20. The SMILES string of the molecule is O=C(OCCCO)[C@]1(c2ccccc2)NN=C(c2ccccc2)C2CCCC21. The summed E-state index contributed by atoms with van der Waals surface area (Å²) in [5, 5.41) is 13.8. The van der Waals surface area contributed by atoms with Crippen LogP contribution in [0.25, 0.3) is 0 Å². The number of nitrogens with zero attached hydrogens (tertiary/aromatic N) is 1. The molecule has 4 rings (SSSR count). The summed E-state index contributed by atoms with van der Waals surface area (Å²) < 4.78 is 5.60. The van der Waals surface area contributed by atoms with Gasteiger partial charge in [-0.3, -0.25) is 5.43 Å². The molecule has 2 unspecified atom stereocenters. The summed E-state index contributed by atoms with van der Waals surface area (Å²) in [6.45, 7) is 0.208. The van der Waals surface area contributed by atoms with Gasteiger partial charge in [-0.15, -0.1) is 0 Å². The van der Waals surface area contributed by atoms with Crippen molar-refractivity contribution in [2.24, 2.45) is 16.9 Å². The van der Waals surface area contributed by atoms with Crippen molar-refractivity contribution in [3.05, 3.63) is 71.8 Å². The van der Waals surface area contributed by atoms with E-state index in [1.165, 1.54) is 0 Å². The number of carbonyl (C=O) groups is 1. The molecule has 5 nitrogen and oxygen atoms in total. The monoisotopic (exact) mass is 378 g/mol. The zero-order chi connectivity index (χ0) is 19.4. The maximum atomic E-state index is 13.3. The van der Waals surface area contributed by atoms with Gasteiger partial charge >= 0.3 is 5.97 Å². The Morgan fingerprint density at radius 3 is 2.54 bits per heavy atom. The maximum absolute atomic E-state index is 13.3. The molecule has 2 N–H and O–H groups in total. The normalized spacial score (nSPS) is 26.1. The van der Waals surface area contributed by atoms with Crippen molar-refractivity contribution in [1.29, 1.82) is 0 Å². The van der Waals surface area contributed by atoms with Gasteiger partial charge in [-0.05, 0) is 24.0 Å². The van der Waals surface area contributed by atoms with Gasteiger partial charge in [0.05, 0.1) is 12.3 Å². The molecular formula is C23H26N2O3. The second-order valence-corrected chi connectivity index (χ2v) is 7.51. The molecule has 1 heterocycles. The van der Waals surface area contributed by atoms with Crippen LogP contribution in [0.4, 0.5) is 0 Å². The Morgan fingerprint density at radius 1 is 1.11 bits per heavy atom. The second kappa shape index (κ2) is 8.15. The first-order chi connectivity index (χ1) is 13.8. The molecule has 0 amide bonds. The molecule has 1 saturated carbocycles. The lowest BCUT2D eigenvalue weighted by Gasteiger charge is -2.43. The molecule has 2 aliphatic rings. The lowest BCUT2D eigenvalue weighted by Crippen LogP contribution is -2.58. The van der Waals surface area contributed by atoms with E-state index in [0.717, 1.165) is 36.1 Å². The highest BCUT2D eigenvalue weighted by Gasteiger charge is 2.56. The lowest BCUT2D eigenvalue weighted by molar-refractivity contribution is -0.156. The minimum Gasteiger partial charge on any atom is -0.464 e. The van der Waals surface area contributed by atoms with Gasteiger partial charge in [-0.1, -0.05) is 67.1 Å². The molecule has 146 valence electrons. The fraction of sp³-hybridized carbons (Fsp3) is 0.391. The molecule has 3 atom stereocenters. The molecule has 0 radical (unpaired) electrons. The largest absolute Gasteiger partial charge is 0.464 e. The molecule has 1 aliphatic heterocycles. The fourth-order valence-electron chi connectivity index (χ4n) is 4.65. The third-order valence-corrected chi connectivity index (χ3v) is 5.93. The van der Waals surface area contributed by atoms with Crippen LogP contribution in [-0.4, -0.2) is 30.0 Å². The summed E-state index contributed by atoms with van der Waals surface area (Å²) in [5.74, 6) is -0.0293. The van der Waals surface area contributed by atoms with E-state index in [4.69, 9.17) is 14.9 Å². The first kappa shape index (κ1) is 18.7. The number of aliphatic hydroxyl groups excluding tert-OH is 1. The molecule has 0 spiro atoms. The number of hydrazone groups is 1. The quantitative estimate of drug-likeness (QED) is 0.598. The van der Waals surface area contributed by atoms with E-state index in [1.54, 1.807) is 0 Å². The van der Waals surface area contributed by atoms with Gasteiger partial charge in [0.2, 0.25) is 0 Å². The number of benzene rings is 2. The Bertz CT molecular complexity index is 837. The smallest absolute Gasteiger partial charge is 0.338 e. The minimum absolute atomic E-state index is 0.00140. The van der Waals surface area contributed by atoms with E-state index >= 15 is 0 Å². The first-order valence-electron chi connectivity index (χ1n) is 10.0. The van der Waals surface area contributed by atoms with E-state index in [1.807, 2.05) is 48.5 Å². The Labute approximate surface area is 165 Å².